The fourth-order valence-corrected chi connectivity index (χ4v) is 3.46. The Balaban J connectivity index is 1.45. The Hall–Kier alpha value is -3.26. The topological polar surface area (TPSA) is 97.0 Å². The molecule has 4 amide bonds. The third-order valence-electron chi connectivity index (χ3n) is 5.23. The average Bonchev–Trinajstić information content (AvgIpc) is 3.00. The van der Waals surface area contributed by atoms with Gasteiger partial charge >= 0.3 is 6.03 Å². The summed E-state index contributed by atoms with van der Waals surface area (Å²) in [6, 6.07) is 13.8. The van der Waals surface area contributed by atoms with Crippen LogP contribution in [0.3, 0.4) is 0 Å². The lowest BCUT2D eigenvalue weighted by Gasteiger charge is -2.21. The smallest absolute Gasteiger partial charge is 0.325 e. The van der Waals surface area contributed by atoms with Crippen molar-refractivity contribution in [2.75, 3.05) is 26.8 Å². The predicted molar refractivity (Wildman–Crippen MR) is 120 cm³/mol. The van der Waals surface area contributed by atoms with Crippen LogP contribution in [0.2, 0.25) is 5.02 Å². The molecule has 1 atom stereocenters. The summed E-state index contributed by atoms with van der Waals surface area (Å²) in [5.74, 6) is 0.530. The molecule has 0 unspecified atom stereocenters. The number of hydrogen-bond donors (Lipinski definition) is 2. The molecule has 32 heavy (non-hydrogen) atoms. The summed E-state index contributed by atoms with van der Waals surface area (Å²) in [5.41, 5.74) is -0.0411. The number of carbonyl (C=O) groups is 3. The van der Waals surface area contributed by atoms with Gasteiger partial charge in [0.2, 0.25) is 5.91 Å². The fourth-order valence-electron chi connectivity index (χ4n) is 3.34. The summed E-state index contributed by atoms with van der Waals surface area (Å²) < 4.78 is 10.6. The minimum Gasteiger partial charge on any atom is -0.497 e. The van der Waals surface area contributed by atoms with Gasteiger partial charge in [-0.2, -0.15) is 0 Å². The Kier molecular flexibility index (Phi) is 7.58. The molecule has 1 saturated heterocycles. The van der Waals surface area contributed by atoms with Gasteiger partial charge < -0.3 is 20.1 Å². The number of nitrogens with one attached hydrogen (secondary N) is 2. The molecule has 1 aliphatic heterocycles. The van der Waals surface area contributed by atoms with E-state index in [0.717, 1.165) is 16.2 Å². The van der Waals surface area contributed by atoms with Crippen molar-refractivity contribution in [3.05, 3.63) is 59.1 Å². The molecule has 8 nitrogen and oxygen atoms in total. The minimum atomic E-state index is -1.06. The number of amides is 4. The van der Waals surface area contributed by atoms with Gasteiger partial charge in [-0.3, -0.25) is 14.5 Å². The molecule has 2 aromatic rings. The van der Waals surface area contributed by atoms with E-state index in [4.69, 9.17) is 21.1 Å². The van der Waals surface area contributed by atoms with Crippen LogP contribution in [-0.2, 0) is 16.0 Å². The van der Waals surface area contributed by atoms with Crippen LogP contribution < -0.4 is 20.1 Å². The van der Waals surface area contributed by atoms with E-state index in [1.807, 2.05) is 24.3 Å². The van der Waals surface area contributed by atoms with Crippen molar-refractivity contribution in [1.29, 1.82) is 0 Å². The van der Waals surface area contributed by atoms with Gasteiger partial charge in [0.25, 0.3) is 5.91 Å². The molecular weight excluding hydrogens is 434 g/mol. The van der Waals surface area contributed by atoms with Crippen molar-refractivity contribution < 1.29 is 23.9 Å². The number of rotatable bonds is 10. The van der Waals surface area contributed by atoms with Gasteiger partial charge in [-0.25, -0.2) is 4.79 Å². The number of hydrogen-bond acceptors (Lipinski definition) is 5. The first-order chi connectivity index (χ1) is 15.3. The second-order valence-corrected chi connectivity index (χ2v) is 8.09. The lowest BCUT2D eigenvalue weighted by atomic mass is 9.93. The summed E-state index contributed by atoms with van der Waals surface area (Å²) in [5, 5.41) is 5.98. The van der Waals surface area contributed by atoms with Crippen LogP contribution in [0, 0.1) is 0 Å². The van der Waals surface area contributed by atoms with E-state index in [1.54, 1.807) is 38.3 Å². The summed E-state index contributed by atoms with van der Waals surface area (Å²) in [6.07, 6.45) is 1.01. The first kappa shape index (κ1) is 23.4. The summed E-state index contributed by atoms with van der Waals surface area (Å²) in [7, 11) is 1.60. The molecule has 2 aromatic carbocycles. The highest BCUT2D eigenvalue weighted by atomic mass is 35.5. The SMILES string of the molecule is COc1ccc(CC[C@@]2(C)NC(=O)N(CC(=O)NCCOc3ccc(Cl)cc3)C2=O)cc1. The number of nitrogens with zero attached hydrogens (tertiary/aromatic N) is 1. The predicted octanol–water partition coefficient (Wildman–Crippen LogP) is 2.79. The van der Waals surface area contributed by atoms with Crippen LogP contribution in [0.4, 0.5) is 4.79 Å². The van der Waals surface area contributed by atoms with E-state index >= 15 is 0 Å². The first-order valence-corrected chi connectivity index (χ1v) is 10.6. The van der Waals surface area contributed by atoms with Crippen LogP contribution in [-0.4, -0.2) is 55.1 Å². The maximum absolute atomic E-state index is 12.8. The van der Waals surface area contributed by atoms with Crippen molar-refractivity contribution in [2.24, 2.45) is 0 Å². The monoisotopic (exact) mass is 459 g/mol. The molecule has 0 aliphatic carbocycles. The lowest BCUT2D eigenvalue weighted by molar-refractivity contribution is -0.134. The summed E-state index contributed by atoms with van der Waals surface area (Å²) in [6.45, 7) is 1.81. The van der Waals surface area contributed by atoms with Crippen molar-refractivity contribution >= 4 is 29.4 Å². The third-order valence-corrected chi connectivity index (χ3v) is 5.48. The van der Waals surface area contributed by atoms with Gasteiger partial charge in [-0.1, -0.05) is 23.7 Å². The Morgan fingerprint density at radius 1 is 1.09 bits per heavy atom. The van der Waals surface area contributed by atoms with Crippen LogP contribution in [0.1, 0.15) is 18.9 Å². The molecular formula is C23H26ClN3O5. The molecule has 9 heteroatoms. The zero-order chi connectivity index (χ0) is 23.1. The highest BCUT2D eigenvalue weighted by Gasteiger charge is 2.47. The van der Waals surface area contributed by atoms with Crippen LogP contribution in [0.5, 0.6) is 11.5 Å². The first-order valence-electron chi connectivity index (χ1n) is 10.2. The van der Waals surface area contributed by atoms with Crippen LogP contribution >= 0.6 is 11.6 Å². The van der Waals surface area contributed by atoms with E-state index in [1.165, 1.54) is 0 Å². The van der Waals surface area contributed by atoms with E-state index in [9.17, 15) is 14.4 Å². The molecule has 0 radical (unpaired) electrons. The van der Waals surface area contributed by atoms with Crippen molar-refractivity contribution in [1.82, 2.24) is 15.5 Å². The fraction of sp³-hybridized carbons (Fsp3) is 0.348. The summed E-state index contributed by atoms with van der Waals surface area (Å²) >= 11 is 5.82. The summed E-state index contributed by atoms with van der Waals surface area (Å²) in [4.78, 5) is 38.4. The van der Waals surface area contributed by atoms with Crippen LogP contribution in [0.15, 0.2) is 48.5 Å². The molecule has 0 saturated carbocycles. The zero-order valence-corrected chi connectivity index (χ0v) is 18.8. The number of ether oxygens (including phenoxy) is 2. The van der Waals surface area contributed by atoms with Crippen molar-refractivity contribution in [2.45, 2.75) is 25.3 Å². The molecule has 0 aromatic heterocycles. The highest BCUT2D eigenvalue weighted by Crippen LogP contribution is 2.24. The Morgan fingerprint density at radius 3 is 2.41 bits per heavy atom. The second-order valence-electron chi connectivity index (χ2n) is 7.65. The minimum absolute atomic E-state index is 0.236. The van der Waals surface area contributed by atoms with E-state index in [2.05, 4.69) is 10.6 Å². The number of aryl methyl sites for hydroxylation is 1. The highest BCUT2D eigenvalue weighted by molar-refractivity contribution is 6.30. The van der Waals surface area contributed by atoms with E-state index in [-0.39, 0.29) is 19.7 Å². The molecule has 1 aliphatic rings. The largest absolute Gasteiger partial charge is 0.497 e. The second kappa shape index (κ2) is 10.4. The number of carbonyl (C=O) groups excluding carboxylic acids is 3. The number of halogens is 1. The van der Waals surface area contributed by atoms with Gasteiger partial charge in [0.05, 0.1) is 13.7 Å². The molecule has 3 rings (SSSR count). The molecule has 1 fully saturated rings. The normalized spacial score (nSPS) is 17.8. The standard InChI is InChI=1S/C23H26ClN3O5/c1-23(12-11-16-3-7-18(31-2)8-4-16)21(29)27(22(30)26-23)15-20(28)25-13-14-32-19-9-5-17(24)6-10-19/h3-10H,11-15H2,1-2H3,(H,25,28)(H,26,30)/t23-/m1/s1. The number of methoxy groups -OCH3 is 1. The Bertz CT molecular complexity index is 965. The number of imide groups is 1. The Labute approximate surface area is 191 Å². The van der Waals surface area contributed by atoms with Crippen molar-refractivity contribution in [3.63, 3.8) is 0 Å². The van der Waals surface area contributed by atoms with Gasteiger partial charge in [0, 0.05) is 5.02 Å². The van der Waals surface area contributed by atoms with Gasteiger partial charge in [-0.15, -0.1) is 0 Å². The van der Waals surface area contributed by atoms with Crippen LogP contribution in [0.25, 0.3) is 0 Å². The quantitative estimate of drug-likeness (QED) is 0.420. The molecule has 0 bridgehead atoms. The third kappa shape index (κ3) is 5.91. The zero-order valence-electron chi connectivity index (χ0n) is 18.0. The van der Waals surface area contributed by atoms with Gasteiger partial charge in [-0.05, 0) is 61.7 Å². The van der Waals surface area contributed by atoms with Gasteiger partial charge in [0.1, 0.15) is 30.2 Å². The molecule has 0 spiro atoms. The molecule has 170 valence electrons. The maximum Gasteiger partial charge on any atom is 0.325 e. The van der Waals surface area contributed by atoms with E-state index < -0.39 is 23.4 Å². The van der Waals surface area contributed by atoms with E-state index in [0.29, 0.717) is 23.6 Å². The Morgan fingerprint density at radius 2 is 1.75 bits per heavy atom. The lowest BCUT2D eigenvalue weighted by Crippen LogP contribution is -2.45. The number of urea groups is 1. The average molecular weight is 460 g/mol. The van der Waals surface area contributed by atoms with Gasteiger partial charge in [0.15, 0.2) is 0 Å². The van der Waals surface area contributed by atoms with Crippen molar-refractivity contribution in [3.8, 4) is 11.5 Å². The molecule has 1 heterocycles. The maximum atomic E-state index is 12.8. The molecule has 2 N–H and O–H groups in total. The number of benzene rings is 2.